The molecule has 2 saturated heterocycles. The maximum Gasteiger partial charge on any atom is 0.325 e. The van der Waals surface area contributed by atoms with Crippen LogP contribution in [0, 0.1) is 0 Å². The molecular weight excluding hydrogens is 284 g/mol. The Labute approximate surface area is 121 Å². The number of imide groups is 1. The van der Waals surface area contributed by atoms with Crippen LogP contribution in [0.3, 0.4) is 0 Å². The van der Waals surface area contributed by atoms with Gasteiger partial charge < -0.3 is 20.3 Å². The van der Waals surface area contributed by atoms with Gasteiger partial charge >= 0.3 is 12.4 Å². The largest absolute Gasteiger partial charge is 0.394 e. The van der Waals surface area contributed by atoms with Crippen molar-refractivity contribution in [3.8, 4) is 0 Å². The lowest BCUT2D eigenvalue weighted by molar-refractivity contribution is -0.0169. The molecule has 0 aliphatic carbocycles. The van der Waals surface area contributed by atoms with E-state index < -0.39 is 17.0 Å². The molecule has 7 nitrogen and oxygen atoms in total. The number of carbonyl (C=O) groups is 1. The molecule has 1 radical (unpaired) electrons. The van der Waals surface area contributed by atoms with Crippen molar-refractivity contribution in [2.75, 3.05) is 25.6 Å². The van der Waals surface area contributed by atoms with E-state index in [2.05, 4.69) is 5.32 Å². The Morgan fingerprint density at radius 2 is 2.20 bits per heavy atom. The Morgan fingerprint density at radius 3 is 2.70 bits per heavy atom. The molecule has 2 fully saturated rings. The predicted molar refractivity (Wildman–Crippen MR) is 72.8 cm³/mol. The lowest BCUT2D eigenvalue weighted by Gasteiger charge is -2.41. The molecule has 0 saturated carbocycles. The Morgan fingerprint density at radius 1 is 1.50 bits per heavy atom. The Hall–Kier alpha value is -0.830. The van der Waals surface area contributed by atoms with Crippen LogP contribution in [0.4, 0.5) is 4.79 Å². The van der Waals surface area contributed by atoms with Crippen LogP contribution in [-0.2, 0) is 9.53 Å². The Bertz CT molecular complexity index is 362. The summed E-state index contributed by atoms with van der Waals surface area (Å²) in [6.07, 6.45) is 3.04. The molecule has 0 bridgehead atoms. The summed E-state index contributed by atoms with van der Waals surface area (Å²) < 4.78 is 5.21. The second-order valence-corrected chi connectivity index (χ2v) is 6.25. The van der Waals surface area contributed by atoms with E-state index in [1.165, 1.54) is 11.8 Å². The number of ether oxygens (including phenoxy) is 1. The van der Waals surface area contributed by atoms with Gasteiger partial charge in [0.1, 0.15) is 5.44 Å². The van der Waals surface area contributed by atoms with Crippen LogP contribution in [0.2, 0.25) is 0 Å². The molecule has 0 spiro atoms. The molecule has 3 N–H and O–H groups in total. The van der Waals surface area contributed by atoms with Gasteiger partial charge in [0, 0.05) is 13.2 Å². The third kappa shape index (κ3) is 3.08. The minimum absolute atomic E-state index is 0.318. The first-order chi connectivity index (χ1) is 9.63. The van der Waals surface area contributed by atoms with Gasteiger partial charge in [-0.05, 0) is 25.0 Å². The van der Waals surface area contributed by atoms with Crippen LogP contribution in [0.15, 0.2) is 0 Å². The highest BCUT2D eigenvalue weighted by atomic mass is 32.2. The van der Waals surface area contributed by atoms with Crippen molar-refractivity contribution in [1.29, 1.82) is 0 Å². The standard InChI is InChI=1S/C12H19N2O5S/c15-7-12(2-4-19-5-3-12)14(8-16)11(18)13-9-1-6-20-10(9)17/h9-10,15,17H,1-7H2,(H,13,18). The third-order valence-corrected chi connectivity index (χ3v) is 5.00. The summed E-state index contributed by atoms with van der Waals surface area (Å²) in [6.45, 7) is 0.447. The van der Waals surface area contributed by atoms with E-state index in [1.54, 1.807) is 6.41 Å². The van der Waals surface area contributed by atoms with Gasteiger partial charge in [-0.1, -0.05) is 0 Å². The molecule has 2 atom stereocenters. The average molecular weight is 303 g/mol. The summed E-state index contributed by atoms with van der Waals surface area (Å²) in [5.41, 5.74) is -1.62. The molecule has 2 unspecified atom stereocenters. The molecule has 2 heterocycles. The number of carbonyl (C=O) groups excluding carboxylic acids is 2. The molecule has 2 rings (SSSR count). The first kappa shape index (κ1) is 15.6. The quantitative estimate of drug-likeness (QED) is 0.602. The summed E-state index contributed by atoms with van der Waals surface area (Å²) in [5.74, 6) is 0.760. The van der Waals surface area contributed by atoms with E-state index in [-0.39, 0.29) is 12.6 Å². The van der Waals surface area contributed by atoms with Crippen molar-refractivity contribution in [2.24, 2.45) is 0 Å². The molecule has 113 valence electrons. The maximum absolute atomic E-state index is 12.2. The summed E-state index contributed by atoms with van der Waals surface area (Å²) >= 11 is 1.36. The maximum atomic E-state index is 12.2. The van der Waals surface area contributed by atoms with E-state index in [0.29, 0.717) is 32.5 Å². The molecule has 0 aromatic rings. The normalized spacial score (nSPS) is 28.9. The van der Waals surface area contributed by atoms with Gasteiger partial charge in [0.2, 0.25) is 0 Å². The fourth-order valence-corrected chi connectivity index (χ4v) is 3.57. The highest BCUT2D eigenvalue weighted by Gasteiger charge is 2.42. The predicted octanol–water partition coefficient (Wildman–Crippen LogP) is -0.569. The number of aliphatic hydroxyl groups excluding tert-OH is 2. The van der Waals surface area contributed by atoms with Crippen molar-refractivity contribution in [2.45, 2.75) is 36.3 Å². The van der Waals surface area contributed by atoms with Crippen LogP contribution in [-0.4, -0.2) is 70.1 Å². The molecule has 8 heteroatoms. The molecule has 2 aliphatic rings. The van der Waals surface area contributed by atoms with Crippen LogP contribution in [0.1, 0.15) is 19.3 Å². The lowest BCUT2D eigenvalue weighted by Crippen LogP contribution is -2.60. The molecule has 20 heavy (non-hydrogen) atoms. The number of nitrogens with zero attached hydrogens (tertiary/aromatic N) is 1. The van der Waals surface area contributed by atoms with E-state index in [1.807, 2.05) is 0 Å². The Balaban J connectivity index is 2.05. The van der Waals surface area contributed by atoms with Crippen molar-refractivity contribution in [3.63, 3.8) is 0 Å². The SMILES string of the molecule is O=[C]N(C(=O)NC1CCSC1O)C1(CO)CCOCC1. The first-order valence-electron chi connectivity index (χ1n) is 6.60. The highest BCUT2D eigenvalue weighted by molar-refractivity contribution is 8.00. The number of amides is 3. The zero-order valence-corrected chi connectivity index (χ0v) is 11.9. The van der Waals surface area contributed by atoms with Crippen LogP contribution in [0.25, 0.3) is 0 Å². The summed E-state index contributed by atoms with van der Waals surface area (Å²) in [6, 6.07) is -0.999. The van der Waals surface area contributed by atoms with E-state index >= 15 is 0 Å². The number of hydrogen-bond acceptors (Lipinski definition) is 6. The fourth-order valence-electron chi connectivity index (χ4n) is 2.50. The number of thioether (sulfide) groups is 1. The fraction of sp³-hybridized carbons (Fsp3) is 0.833. The van der Waals surface area contributed by atoms with Gasteiger partial charge in [-0.3, -0.25) is 4.79 Å². The number of aliphatic hydroxyl groups is 2. The molecule has 2 aliphatic heterocycles. The van der Waals surface area contributed by atoms with E-state index in [4.69, 9.17) is 4.74 Å². The third-order valence-electron chi connectivity index (χ3n) is 3.86. The van der Waals surface area contributed by atoms with E-state index in [9.17, 15) is 19.8 Å². The average Bonchev–Trinajstić information content (AvgIpc) is 2.86. The molecule has 3 amide bonds. The highest BCUT2D eigenvalue weighted by Crippen LogP contribution is 2.28. The van der Waals surface area contributed by atoms with Crippen molar-refractivity contribution in [1.82, 2.24) is 10.2 Å². The van der Waals surface area contributed by atoms with Gasteiger partial charge in [-0.15, -0.1) is 11.8 Å². The molecule has 0 aromatic carbocycles. The number of rotatable bonds is 4. The van der Waals surface area contributed by atoms with Crippen molar-refractivity contribution < 1.29 is 24.5 Å². The van der Waals surface area contributed by atoms with Crippen LogP contribution < -0.4 is 5.32 Å². The number of nitrogens with one attached hydrogen (secondary N) is 1. The summed E-state index contributed by atoms with van der Waals surface area (Å²) in [5, 5.41) is 21.9. The minimum atomic E-state index is -0.958. The summed E-state index contributed by atoms with van der Waals surface area (Å²) in [4.78, 5) is 24.3. The van der Waals surface area contributed by atoms with Gasteiger partial charge in [-0.25, -0.2) is 9.69 Å². The van der Waals surface area contributed by atoms with Gasteiger partial charge in [0.15, 0.2) is 0 Å². The summed E-state index contributed by atoms with van der Waals surface area (Å²) in [7, 11) is 0. The lowest BCUT2D eigenvalue weighted by atomic mass is 9.89. The van der Waals surface area contributed by atoms with Crippen LogP contribution >= 0.6 is 11.8 Å². The smallest absolute Gasteiger partial charge is 0.325 e. The van der Waals surface area contributed by atoms with E-state index in [0.717, 1.165) is 10.7 Å². The van der Waals surface area contributed by atoms with Gasteiger partial charge in [0.05, 0.1) is 18.2 Å². The topological polar surface area (TPSA) is 99.1 Å². The van der Waals surface area contributed by atoms with Crippen molar-refractivity contribution >= 4 is 24.2 Å². The number of urea groups is 1. The van der Waals surface area contributed by atoms with Crippen molar-refractivity contribution in [3.05, 3.63) is 0 Å². The first-order valence-corrected chi connectivity index (χ1v) is 7.64. The molecule has 0 aromatic heterocycles. The second-order valence-electron chi connectivity index (χ2n) is 5.03. The monoisotopic (exact) mass is 303 g/mol. The van der Waals surface area contributed by atoms with Crippen LogP contribution in [0.5, 0.6) is 0 Å². The second kappa shape index (κ2) is 6.75. The van der Waals surface area contributed by atoms with Gasteiger partial charge in [-0.2, -0.15) is 0 Å². The molecular formula is C12H19N2O5S. The van der Waals surface area contributed by atoms with Gasteiger partial charge in [0.25, 0.3) is 0 Å². The zero-order chi connectivity index (χ0) is 14.6. The minimum Gasteiger partial charge on any atom is -0.394 e. The Kier molecular flexibility index (Phi) is 5.25. The zero-order valence-electron chi connectivity index (χ0n) is 11.1. The number of hydrogen-bond donors (Lipinski definition) is 3.